The molecule has 3 rings (SSSR count). The monoisotopic (exact) mass is 420 g/mol. The van der Waals surface area contributed by atoms with Crippen molar-refractivity contribution in [2.45, 2.75) is 19.1 Å². The van der Waals surface area contributed by atoms with Crippen molar-refractivity contribution in [1.29, 1.82) is 0 Å². The molecule has 2 atom stereocenters. The third kappa shape index (κ3) is 5.01. The van der Waals surface area contributed by atoms with Crippen LogP contribution in [0.3, 0.4) is 0 Å². The molecule has 0 fully saturated rings. The van der Waals surface area contributed by atoms with Gasteiger partial charge in [0.05, 0.1) is 6.10 Å². The number of aliphatic hydroxyl groups excluding tert-OH is 2. The lowest BCUT2D eigenvalue weighted by Crippen LogP contribution is -2.35. The Bertz CT molecular complexity index is 851. The topological polar surface area (TPSA) is 103 Å². The van der Waals surface area contributed by atoms with Gasteiger partial charge in [-0.1, -0.05) is 0 Å². The Morgan fingerprint density at radius 1 is 1.23 bits per heavy atom. The second-order valence-electron chi connectivity index (χ2n) is 6.10. The van der Waals surface area contributed by atoms with Gasteiger partial charge in [-0.05, 0) is 53.2 Å². The molecule has 3 aromatic rings. The van der Waals surface area contributed by atoms with Gasteiger partial charge in [0.25, 0.3) is 0 Å². The Hall–Kier alpha value is -2.00. The van der Waals surface area contributed by atoms with E-state index in [-0.39, 0.29) is 6.61 Å². The lowest BCUT2D eigenvalue weighted by atomic mass is 10.2. The maximum atomic E-state index is 9.86. The van der Waals surface area contributed by atoms with Crippen LogP contribution in [0.15, 0.2) is 41.0 Å². The van der Waals surface area contributed by atoms with E-state index < -0.39 is 12.2 Å². The number of ether oxygens (including phenoxy) is 1. The van der Waals surface area contributed by atoms with Crippen molar-refractivity contribution in [3.63, 3.8) is 0 Å². The first kappa shape index (κ1) is 18.8. The molecule has 2 unspecified atom stereocenters. The SMILES string of the molecule is CC(O)CNCC(O)COc1ccc(-c2nc3cc(Br)cnc3[nH]2)cc1. The van der Waals surface area contributed by atoms with E-state index in [1.54, 1.807) is 13.1 Å². The summed E-state index contributed by atoms with van der Waals surface area (Å²) >= 11 is 3.39. The number of rotatable bonds is 8. The smallest absolute Gasteiger partial charge is 0.157 e. The Morgan fingerprint density at radius 3 is 2.73 bits per heavy atom. The maximum absolute atomic E-state index is 9.86. The number of pyridine rings is 1. The number of fused-ring (bicyclic) bond motifs is 1. The van der Waals surface area contributed by atoms with E-state index in [2.05, 4.69) is 36.2 Å². The van der Waals surface area contributed by atoms with Crippen molar-refractivity contribution in [1.82, 2.24) is 20.3 Å². The second-order valence-corrected chi connectivity index (χ2v) is 7.02. The van der Waals surface area contributed by atoms with Crippen LogP contribution in [-0.2, 0) is 0 Å². The number of nitrogens with zero attached hydrogens (tertiary/aromatic N) is 2. The summed E-state index contributed by atoms with van der Waals surface area (Å²) in [6.07, 6.45) is 0.640. The highest BCUT2D eigenvalue weighted by Gasteiger charge is 2.08. The molecule has 0 saturated heterocycles. The minimum absolute atomic E-state index is 0.175. The van der Waals surface area contributed by atoms with Crippen LogP contribution >= 0.6 is 15.9 Å². The van der Waals surface area contributed by atoms with Gasteiger partial charge in [0.2, 0.25) is 0 Å². The van der Waals surface area contributed by atoms with Crippen molar-refractivity contribution in [2.75, 3.05) is 19.7 Å². The molecule has 2 heterocycles. The quantitative estimate of drug-likeness (QED) is 0.444. The van der Waals surface area contributed by atoms with E-state index in [0.717, 1.165) is 27.0 Å². The molecule has 7 nitrogen and oxygen atoms in total. The van der Waals surface area contributed by atoms with Crippen molar-refractivity contribution >= 4 is 27.1 Å². The van der Waals surface area contributed by atoms with Gasteiger partial charge in [-0.25, -0.2) is 9.97 Å². The summed E-state index contributed by atoms with van der Waals surface area (Å²) in [5.41, 5.74) is 2.45. The molecule has 0 aliphatic rings. The standard InChI is InChI=1S/C18H21BrN4O3/c1-11(24)7-20-9-14(25)10-26-15-4-2-12(3-5-15)17-22-16-6-13(19)8-21-18(16)23-17/h2-6,8,11,14,20,24-25H,7,9-10H2,1H3,(H,21,22,23). The molecule has 2 aromatic heterocycles. The molecular formula is C18H21BrN4O3. The summed E-state index contributed by atoms with van der Waals surface area (Å²) in [5, 5.41) is 22.0. The van der Waals surface area contributed by atoms with Gasteiger partial charge in [0.15, 0.2) is 5.65 Å². The van der Waals surface area contributed by atoms with Gasteiger partial charge >= 0.3 is 0 Å². The first-order chi connectivity index (χ1) is 12.5. The largest absolute Gasteiger partial charge is 0.491 e. The van der Waals surface area contributed by atoms with Gasteiger partial charge in [0, 0.05) is 29.3 Å². The lowest BCUT2D eigenvalue weighted by Gasteiger charge is -2.14. The van der Waals surface area contributed by atoms with E-state index in [0.29, 0.717) is 18.8 Å². The highest BCUT2D eigenvalue weighted by molar-refractivity contribution is 9.10. The highest BCUT2D eigenvalue weighted by Crippen LogP contribution is 2.23. The van der Waals surface area contributed by atoms with Crippen molar-refractivity contribution in [3.8, 4) is 17.1 Å². The van der Waals surface area contributed by atoms with Crippen LogP contribution in [0.2, 0.25) is 0 Å². The van der Waals surface area contributed by atoms with Crippen LogP contribution in [0.4, 0.5) is 0 Å². The number of aliphatic hydroxyl groups is 2. The van der Waals surface area contributed by atoms with Crippen LogP contribution in [-0.4, -0.2) is 57.1 Å². The molecule has 0 bridgehead atoms. The van der Waals surface area contributed by atoms with E-state index in [9.17, 15) is 5.11 Å². The van der Waals surface area contributed by atoms with Crippen LogP contribution in [0.25, 0.3) is 22.6 Å². The molecule has 0 aliphatic heterocycles. The Kier molecular flexibility index (Phi) is 6.20. The van der Waals surface area contributed by atoms with Crippen molar-refractivity contribution in [3.05, 3.63) is 41.0 Å². The Balaban J connectivity index is 1.57. The zero-order valence-electron chi connectivity index (χ0n) is 14.3. The fourth-order valence-electron chi connectivity index (χ4n) is 2.43. The summed E-state index contributed by atoms with van der Waals surface area (Å²) < 4.78 is 6.47. The Labute approximate surface area is 159 Å². The summed E-state index contributed by atoms with van der Waals surface area (Å²) in [6.45, 7) is 2.67. The number of aromatic nitrogens is 3. The van der Waals surface area contributed by atoms with Gasteiger partial charge in [-0.2, -0.15) is 0 Å². The predicted octanol–water partition coefficient (Wildman–Crippen LogP) is 2.10. The van der Waals surface area contributed by atoms with Crippen LogP contribution < -0.4 is 10.1 Å². The van der Waals surface area contributed by atoms with Gasteiger partial charge in [-0.15, -0.1) is 0 Å². The first-order valence-corrected chi connectivity index (χ1v) is 9.12. The van der Waals surface area contributed by atoms with Crippen LogP contribution in [0.1, 0.15) is 6.92 Å². The molecule has 26 heavy (non-hydrogen) atoms. The zero-order chi connectivity index (χ0) is 18.5. The Morgan fingerprint density at radius 2 is 2.00 bits per heavy atom. The van der Waals surface area contributed by atoms with E-state index in [1.807, 2.05) is 30.3 Å². The molecule has 138 valence electrons. The zero-order valence-corrected chi connectivity index (χ0v) is 15.9. The number of nitrogens with one attached hydrogen (secondary N) is 2. The van der Waals surface area contributed by atoms with E-state index in [4.69, 9.17) is 9.84 Å². The molecule has 0 saturated carbocycles. The number of hydrogen-bond donors (Lipinski definition) is 4. The summed E-state index contributed by atoms with van der Waals surface area (Å²) in [6, 6.07) is 9.39. The number of H-pyrrole nitrogens is 1. The lowest BCUT2D eigenvalue weighted by molar-refractivity contribution is 0.101. The number of aromatic amines is 1. The van der Waals surface area contributed by atoms with E-state index in [1.165, 1.54) is 0 Å². The first-order valence-electron chi connectivity index (χ1n) is 8.32. The number of hydrogen-bond acceptors (Lipinski definition) is 6. The summed E-state index contributed by atoms with van der Waals surface area (Å²) in [4.78, 5) is 12.0. The third-order valence-electron chi connectivity index (χ3n) is 3.69. The average Bonchev–Trinajstić information content (AvgIpc) is 3.03. The molecular weight excluding hydrogens is 400 g/mol. The number of halogens is 1. The maximum Gasteiger partial charge on any atom is 0.157 e. The minimum atomic E-state index is -0.645. The fraction of sp³-hybridized carbons (Fsp3) is 0.333. The molecule has 0 amide bonds. The molecule has 0 aliphatic carbocycles. The fourth-order valence-corrected chi connectivity index (χ4v) is 2.75. The van der Waals surface area contributed by atoms with Crippen LogP contribution in [0.5, 0.6) is 5.75 Å². The predicted molar refractivity (Wildman–Crippen MR) is 103 cm³/mol. The van der Waals surface area contributed by atoms with Crippen molar-refractivity contribution < 1.29 is 14.9 Å². The van der Waals surface area contributed by atoms with Gasteiger partial charge < -0.3 is 25.3 Å². The third-order valence-corrected chi connectivity index (χ3v) is 4.13. The second kappa shape index (κ2) is 8.59. The summed E-state index contributed by atoms with van der Waals surface area (Å²) in [7, 11) is 0. The molecule has 0 radical (unpaired) electrons. The number of imidazole rings is 1. The molecule has 4 N–H and O–H groups in total. The highest BCUT2D eigenvalue weighted by atomic mass is 79.9. The van der Waals surface area contributed by atoms with Crippen molar-refractivity contribution in [2.24, 2.45) is 0 Å². The summed E-state index contributed by atoms with van der Waals surface area (Å²) in [5.74, 6) is 1.40. The normalized spacial score (nSPS) is 13.7. The van der Waals surface area contributed by atoms with Gasteiger partial charge in [-0.3, -0.25) is 0 Å². The molecule has 8 heteroatoms. The molecule has 0 spiro atoms. The minimum Gasteiger partial charge on any atom is -0.491 e. The van der Waals surface area contributed by atoms with Gasteiger partial charge in [0.1, 0.15) is 29.8 Å². The average molecular weight is 421 g/mol. The number of benzene rings is 1. The van der Waals surface area contributed by atoms with Crippen LogP contribution in [0, 0.1) is 0 Å². The molecule has 1 aromatic carbocycles. The van der Waals surface area contributed by atoms with E-state index >= 15 is 0 Å².